The van der Waals surface area contributed by atoms with Gasteiger partial charge < -0.3 is 10.6 Å². The van der Waals surface area contributed by atoms with Gasteiger partial charge in [-0.15, -0.1) is 0 Å². The minimum atomic E-state index is -0.167. The Labute approximate surface area is 163 Å². The van der Waals surface area contributed by atoms with Gasteiger partial charge in [-0.05, 0) is 88.5 Å². The van der Waals surface area contributed by atoms with E-state index in [9.17, 15) is 9.59 Å². The molecule has 4 rings (SSSR count). The minimum Gasteiger partial charge on any atom is -0.351 e. The highest BCUT2D eigenvalue weighted by molar-refractivity contribution is 5.89. The Morgan fingerprint density at radius 2 is 1.85 bits per heavy atom. The van der Waals surface area contributed by atoms with Crippen LogP contribution in [-0.4, -0.2) is 23.4 Å². The van der Waals surface area contributed by atoms with E-state index in [4.69, 9.17) is 0 Å². The zero-order valence-electron chi connectivity index (χ0n) is 17.6. The number of hydrogen-bond acceptors (Lipinski definition) is 2. The van der Waals surface area contributed by atoms with Gasteiger partial charge in [-0.3, -0.25) is 9.59 Å². The standard InChI is InChI=1S/C23H36N2O2/c1-21(2,3)25-20(27)17-8-7-15-14-6-9-18-23(5,13-11-19(26)24-18)16(14)10-12-22(15,17)4/h11,13-18H,6-10,12H2,1-5H3,(H,24,26)(H,25,27)/t14?,15?,16?,17?,18?,22-,23+/m0/s1. The summed E-state index contributed by atoms with van der Waals surface area (Å²) in [5, 5.41) is 6.48. The van der Waals surface area contributed by atoms with Gasteiger partial charge >= 0.3 is 0 Å². The Kier molecular flexibility index (Phi) is 4.29. The average Bonchev–Trinajstić information content (AvgIpc) is 2.91. The van der Waals surface area contributed by atoms with Crippen LogP contribution < -0.4 is 10.6 Å². The van der Waals surface area contributed by atoms with Crippen LogP contribution in [0, 0.1) is 34.5 Å². The van der Waals surface area contributed by atoms with Crippen molar-refractivity contribution >= 4 is 11.8 Å². The van der Waals surface area contributed by atoms with Crippen LogP contribution in [0.15, 0.2) is 12.2 Å². The number of rotatable bonds is 1. The molecule has 0 bridgehead atoms. The van der Waals surface area contributed by atoms with Gasteiger partial charge in [-0.2, -0.15) is 0 Å². The maximum absolute atomic E-state index is 13.0. The fourth-order valence-corrected chi connectivity index (χ4v) is 7.22. The van der Waals surface area contributed by atoms with Gasteiger partial charge in [0.2, 0.25) is 11.8 Å². The third-order valence-electron chi connectivity index (χ3n) is 8.50. The molecule has 0 aromatic rings. The molecule has 2 N–H and O–H groups in total. The van der Waals surface area contributed by atoms with Crippen molar-refractivity contribution in [2.24, 2.45) is 34.5 Å². The SMILES string of the molecule is CC(C)(C)NC(=O)C1CCC2C3CCC4NC(=O)C=C[C@]4(C)C3CC[C@]12C. The molecule has 0 spiro atoms. The highest BCUT2D eigenvalue weighted by Gasteiger charge is 2.60. The molecular formula is C23H36N2O2. The van der Waals surface area contributed by atoms with E-state index < -0.39 is 0 Å². The molecule has 150 valence electrons. The van der Waals surface area contributed by atoms with Crippen LogP contribution >= 0.6 is 0 Å². The fraction of sp³-hybridized carbons (Fsp3) is 0.826. The summed E-state index contributed by atoms with van der Waals surface area (Å²) < 4.78 is 0. The van der Waals surface area contributed by atoms with Gasteiger partial charge in [0, 0.05) is 22.9 Å². The van der Waals surface area contributed by atoms with E-state index in [-0.39, 0.29) is 40.1 Å². The van der Waals surface area contributed by atoms with Gasteiger partial charge in [-0.1, -0.05) is 19.9 Å². The predicted octanol–water partition coefficient (Wildman–Crippen LogP) is 3.81. The highest BCUT2D eigenvalue weighted by atomic mass is 16.2. The second-order valence-electron chi connectivity index (χ2n) is 11.1. The quantitative estimate of drug-likeness (QED) is 0.735. The monoisotopic (exact) mass is 372 g/mol. The van der Waals surface area contributed by atoms with Crippen molar-refractivity contribution in [2.75, 3.05) is 0 Å². The summed E-state index contributed by atoms with van der Waals surface area (Å²) in [6.07, 6.45) is 10.7. The van der Waals surface area contributed by atoms with E-state index in [1.807, 2.05) is 0 Å². The summed E-state index contributed by atoms with van der Waals surface area (Å²) in [6.45, 7) is 11.0. The molecule has 5 unspecified atom stereocenters. The van der Waals surface area contributed by atoms with E-state index in [2.05, 4.69) is 51.3 Å². The molecule has 1 heterocycles. The van der Waals surface area contributed by atoms with Crippen LogP contribution in [0.2, 0.25) is 0 Å². The number of hydrogen-bond donors (Lipinski definition) is 2. The number of amides is 2. The van der Waals surface area contributed by atoms with Crippen molar-refractivity contribution in [3.8, 4) is 0 Å². The van der Waals surface area contributed by atoms with E-state index in [0.29, 0.717) is 17.8 Å². The lowest BCUT2D eigenvalue weighted by atomic mass is 9.48. The molecule has 7 atom stereocenters. The first kappa shape index (κ1) is 19.0. The molecule has 1 aliphatic heterocycles. The van der Waals surface area contributed by atoms with Crippen LogP contribution in [0.3, 0.4) is 0 Å². The summed E-state index contributed by atoms with van der Waals surface area (Å²) in [5.41, 5.74) is 0.0323. The number of carbonyl (C=O) groups is 2. The van der Waals surface area contributed by atoms with Gasteiger partial charge in [0.25, 0.3) is 0 Å². The first-order valence-corrected chi connectivity index (χ1v) is 10.9. The van der Waals surface area contributed by atoms with Gasteiger partial charge in [0.05, 0.1) is 0 Å². The summed E-state index contributed by atoms with van der Waals surface area (Å²) in [4.78, 5) is 24.9. The van der Waals surface area contributed by atoms with E-state index in [1.54, 1.807) is 6.08 Å². The smallest absolute Gasteiger partial charge is 0.243 e. The third kappa shape index (κ3) is 2.94. The first-order valence-electron chi connectivity index (χ1n) is 10.9. The predicted molar refractivity (Wildman–Crippen MR) is 107 cm³/mol. The van der Waals surface area contributed by atoms with Gasteiger partial charge in [-0.25, -0.2) is 0 Å². The second-order valence-corrected chi connectivity index (χ2v) is 11.1. The maximum Gasteiger partial charge on any atom is 0.243 e. The molecule has 3 fully saturated rings. The molecule has 3 aliphatic carbocycles. The molecule has 4 aliphatic rings. The highest BCUT2D eigenvalue weighted by Crippen LogP contribution is 2.65. The van der Waals surface area contributed by atoms with Crippen LogP contribution in [0.5, 0.6) is 0 Å². The van der Waals surface area contributed by atoms with Crippen molar-refractivity contribution in [2.45, 2.75) is 84.7 Å². The van der Waals surface area contributed by atoms with Crippen molar-refractivity contribution < 1.29 is 9.59 Å². The van der Waals surface area contributed by atoms with Crippen LogP contribution in [0.1, 0.15) is 73.1 Å². The Morgan fingerprint density at radius 3 is 2.56 bits per heavy atom. The molecule has 0 radical (unpaired) electrons. The average molecular weight is 373 g/mol. The summed E-state index contributed by atoms with van der Waals surface area (Å²) in [7, 11) is 0. The Bertz CT molecular complexity index is 678. The topological polar surface area (TPSA) is 58.2 Å². The van der Waals surface area contributed by atoms with Crippen LogP contribution in [0.25, 0.3) is 0 Å². The summed E-state index contributed by atoms with van der Waals surface area (Å²) >= 11 is 0. The van der Waals surface area contributed by atoms with Crippen molar-refractivity contribution in [3.05, 3.63) is 12.2 Å². The molecule has 0 aromatic heterocycles. The van der Waals surface area contributed by atoms with Crippen LogP contribution in [0.4, 0.5) is 0 Å². The lowest BCUT2D eigenvalue weighted by Crippen LogP contribution is -2.59. The van der Waals surface area contributed by atoms with Gasteiger partial charge in [0.1, 0.15) is 0 Å². The Hall–Kier alpha value is -1.32. The number of fused-ring (bicyclic) bond motifs is 5. The van der Waals surface area contributed by atoms with E-state index in [0.717, 1.165) is 19.3 Å². The number of nitrogens with one attached hydrogen (secondary N) is 2. The largest absolute Gasteiger partial charge is 0.351 e. The van der Waals surface area contributed by atoms with Crippen LogP contribution in [-0.2, 0) is 9.59 Å². The van der Waals surface area contributed by atoms with Crippen molar-refractivity contribution in [1.82, 2.24) is 10.6 Å². The molecule has 2 amide bonds. The Morgan fingerprint density at radius 1 is 1.11 bits per heavy atom. The van der Waals surface area contributed by atoms with E-state index in [1.165, 1.54) is 19.3 Å². The fourth-order valence-electron chi connectivity index (χ4n) is 7.22. The third-order valence-corrected chi connectivity index (χ3v) is 8.50. The molecule has 4 heteroatoms. The lowest BCUT2D eigenvalue weighted by molar-refractivity contribution is -0.135. The van der Waals surface area contributed by atoms with Crippen molar-refractivity contribution in [3.63, 3.8) is 0 Å². The molecule has 4 nitrogen and oxygen atoms in total. The first-order chi connectivity index (χ1) is 12.5. The normalized spacial score (nSPS) is 46.1. The zero-order chi connectivity index (χ0) is 19.6. The molecule has 0 saturated heterocycles. The maximum atomic E-state index is 13.0. The van der Waals surface area contributed by atoms with Crippen molar-refractivity contribution in [1.29, 1.82) is 0 Å². The zero-order valence-corrected chi connectivity index (χ0v) is 17.6. The molecule has 0 aromatic carbocycles. The summed E-state index contributed by atoms with van der Waals surface area (Å²) in [6, 6.07) is 0.280. The number of carbonyl (C=O) groups excluding carboxylic acids is 2. The summed E-state index contributed by atoms with van der Waals surface area (Å²) in [5.74, 6) is 2.41. The Balaban J connectivity index is 1.58. The molecule has 27 heavy (non-hydrogen) atoms. The minimum absolute atomic E-state index is 0.0661. The molecule has 3 saturated carbocycles. The second kappa shape index (κ2) is 6.09. The molecular weight excluding hydrogens is 336 g/mol. The lowest BCUT2D eigenvalue weighted by Gasteiger charge is -2.58. The van der Waals surface area contributed by atoms with Gasteiger partial charge in [0.15, 0.2) is 0 Å². The van der Waals surface area contributed by atoms with E-state index >= 15 is 0 Å².